The standard InChI is InChI=1S/C25H21F3N2O2/c26-21-11-10-20(22(27)23(21)28)24(31)29-19-12-14-30(15-13-19)25(32)18-8-6-17(7-9-18)16-4-2-1-3-5-16/h1-11,19H,12-15H2,(H,29,31). The maximum absolute atomic E-state index is 13.8. The summed E-state index contributed by atoms with van der Waals surface area (Å²) in [6, 6.07) is 18.6. The summed E-state index contributed by atoms with van der Waals surface area (Å²) in [5, 5.41) is 2.64. The maximum Gasteiger partial charge on any atom is 0.254 e. The predicted molar refractivity (Wildman–Crippen MR) is 115 cm³/mol. The first-order valence-electron chi connectivity index (χ1n) is 10.3. The number of piperidine rings is 1. The SMILES string of the molecule is O=C(NC1CCN(C(=O)c2ccc(-c3ccccc3)cc2)CC1)c1ccc(F)c(F)c1F. The molecule has 1 saturated heterocycles. The number of nitrogens with zero attached hydrogens (tertiary/aromatic N) is 1. The number of benzene rings is 3. The van der Waals surface area contributed by atoms with E-state index in [1.54, 1.807) is 17.0 Å². The fourth-order valence-electron chi connectivity index (χ4n) is 3.81. The third-order valence-electron chi connectivity index (χ3n) is 5.64. The summed E-state index contributed by atoms with van der Waals surface area (Å²) >= 11 is 0. The molecule has 4 rings (SSSR count). The Morgan fingerprint density at radius 3 is 2.06 bits per heavy atom. The molecule has 0 aromatic heterocycles. The summed E-state index contributed by atoms with van der Waals surface area (Å²) in [5.41, 5.74) is 2.13. The molecule has 3 aromatic carbocycles. The summed E-state index contributed by atoms with van der Waals surface area (Å²) in [6.07, 6.45) is 0.954. The summed E-state index contributed by atoms with van der Waals surface area (Å²) in [7, 11) is 0. The Balaban J connectivity index is 1.34. The second-order valence-electron chi connectivity index (χ2n) is 7.71. The van der Waals surface area contributed by atoms with E-state index in [4.69, 9.17) is 0 Å². The maximum atomic E-state index is 13.8. The van der Waals surface area contributed by atoms with Gasteiger partial charge in [0.15, 0.2) is 17.5 Å². The molecule has 1 aliphatic heterocycles. The molecular weight excluding hydrogens is 417 g/mol. The van der Waals surface area contributed by atoms with Gasteiger partial charge in [-0.05, 0) is 48.2 Å². The van der Waals surface area contributed by atoms with Gasteiger partial charge in [0.25, 0.3) is 11.8 Å². The molecule has 0 unspecified atom stereocenters. The molecule has 32 heavy (non-hydrogen) atoms. The Labute approximate surface area is 183 Å². The first-order chi connectivity index (χ1) is 15.4. The lowest BCUT2D eigenvalue weighted by Crippen LogP contribution is -2.46. The molecule has 0 radical (unpaired) electrons. The lowest BCUT2D eigenvalue weighted by molar-refractivity contribution is 0.0698. The van der Waals surface area contributed by atoms with Gasteiger partial charge in [-0.3, -0.25) is 9.59 Å². The van der Waals surface area contributed by atoms with Crippen LogP contribution in [0, 0.1) is 17.5 Å². The van der Waals surface area contributed by atoms with Crippen molar-refractivity contribution in [1.29, 1.82) is 0 Å². The Morgan fingerprint density at radius 2 is 1.41 bits per heavy atom. The van der Waals surface area contributed by atoms with E-state index < -0.39 is 28.9 Å². The highest BCUT2D eigenvalue weighted by molar-refractivity contribution is 5.95. The molecule has 1 aliphatic rings. The van der Waals surface area contributed by atoms with Crippen molar-refractivity contribution in [2.24, 2.45) is 0 Å². The zero-order valence-electron chi connectivity index (χ0n) is 17.2. The third kappa shape index (κ3) is 4.51. The van der Waals surface area contributed by atoms with Gasteiger partial charge in [0.2, 0.25) is 0 Å². The van der Waals surface area contributed by atoms with Crippen LogP contribution >= 0.6 is 0 Å². The van der Waals surface area contributed by atoms with Crippen LogP contribution in [-0.4, -0.2) is 35.8 Å². The molecule has 7 heteroatoms. The smallest absolute Gasteiger partial charge is 0.254 e. The lowest BCUT2D eigenvalue weighted by Gasteiger charge is -2.32. The van der Waals surface area contributed by atoms with Crippen LogP contribution in [0.25, 0.3) is 11.1 Å². The fourth-order valence-corrected chi connectivity index (χ4v) is 3.81. The summed E-state index contributed by atoms with van der Waals surface area (Å²) < 4.78 is 40.3. The first kappa shape index (κ1) is 21.6. The molecule has 0 saturated carbocycles. The van der Waals surface area contributed by atoms with Gasteiger partial charge >= 0.3 is 0 Å². The van der Waals surface area contributed by atoms with Gasteiger partial charge in [0.1, 0.15) is 0 Å². The number of likely N-dealkylation sites (tertiary alicyclic amines) is 1. The third-order valence-corrected chi connectivity index (χ3v) is 5.64. The molecule has 3 aromatic rings. The van der Waals surface area contributed by atoms with Gasteiger partial charge in [-0.25, -0.2) is 13.2 Å². The molecule has 164 valence electrons. The van der Waals surface area contributed by atoms with Gasteiger partial charge in [-0.15, -0.1) is 0 Å². The molecule has 4 nitrogen and oxygen atoms in total. The molecule has 0 aliphatic carbocycles. The van der Waals surface area contributed by atoms with Crippen molar-refractivity contribution < 1.29 is 22.8 Å². The number of carbonyl (C=O) groups is 2. The number of nitrogens with one attached hydrogen (secondary N) is 1. The first-order valence-corrected chi connectivity index (χ1v) is 10.3. The zero-order chi connectivity index (χ0) is 22.7. The van der Waals surface area contributed by atoms with Gasteiger partial charge < -0.3 is 10.2 Å². The van der Waals surface area contributed by atoms with Gasteiger partial charge in [-0.2, -0.15) is 0 Å². The van der Waals surface area contributed by atoms with E-state index >= 15 is 0 Å². The second kappa shape index (κ2) is 9.26. The molecule has 1 fully saturated rings. The van der Waals surface area contributed by atoms with E-state index in [1.165, 1.54) is 0 Å². The van der Waals surface area contributed by atoms with Crippen molar-refractivity contribution in [2.45, 2.75) is 18.9 Å². The Morgan fingerprint density at radius 1 is 0.781 bits per heavy atom. The van der Waals surface area contributed by atoms with E-state index in [2.05, 4.69) is 5.32 Å². The van der Waals surface area contributed by atoms with E-state index in [-0.39, 0.29) is 11.9 Å². The van der Waals surface area contributed by atoms with E-state index in [0.29, 0.717) is 31.5 Å². The van der Waals surface area contributed by atoms with Gasteiger partial charge in [-0.1, -0.05) is 42.5 Å². The highest BCUT2D eigenvalue weighted by Crippen LogP contribution is 2.21. The van der Waals surface area contributed by atoms with Crippen LogP contribution in [0.4, 0.5) is 13.2 Å². The number of carbonyl (C=O) groups excluding carboxylic acids is 2. The normalized spacial score (nSPS) is 14.3. The molecule has 0 spiro atoms. The van der Waals surface area contributed by atoms with Crippen molar-refractivity contribution in [2.75, 3.05) is 13.1 Å². The van der Waals surface area contributed by atoms with Crippen LogP contribution in [0.1, 0.15) is 33.6 Å². The highest BCUT2D eigenvalue weighted by Gasteiger charge is 2.26. The van der Waals surface area contributed by atoms with Crippen molar-refractivity contribution in [3.05, 3.63) is 95.3 Å². The minimum atomic E-state index is -1.67. The largest absolute Gasteiger partial charge is 0.349 e. The van der Waals surface area contributed by atoms with Crippen LogP contribution in [-0.2, 0) is 0 Å². The van der Waals surface area contributed by atoms with Crippen molar-refractivity contribution in [3.63, 3.8) is 0 Å². The van der Waals surface area contributed by atoms with Crippen molar-refractivity contribution >= 4 is 11.8 Å². The van der Waals surface area contributed by atoms with E-state index in [9.17, 15) is 22.8 Å². The molecule has 2 amide bonds. The second-order valence-corrected chi connectivity index (χ2v) is 7.71. The Kier molecular flexibility index (Phi) is 6.25. The average molecular weight is 438 g/mol. The predicted octanol–water partition coefficient (Wildman–Crippen LogP) is 4.81. The minimum Gasteiger partial charge on any atom is -0.349 e. The Bertz CT molecular complexity index is 1130. The van der Waals surface area contributed by atoms with Crippen LogP contribution in [0.2, 0.25) is 0 Å². The summed E-state index contributed by atoms with van der Waals surface area (Å²) in [6.45, 7) is 0.842. The number of halogens is 3. The quantitative estimate of drug-likeness (QED) is 0.595. The molecule has 1 N–H and O–H groups in total. The van der Waals surface area contributed by atoms with Crippen LogP contribution < -0.4 is 5.32 Å². The van der Waals surface area contributed by atoms with Gasteiger partial charge in [0, 0.05) is 24.7 Å². The number of amides is 2. The van der Waals surface area contributed by atoms with Crippen molar-refractivity contribution in [1.82, 2.24) is 10.2 Å². The lowest BCUT2D eigenvalue weighted by atomic mass is 10.0. The van der Waals surface area contributed by atoms with E-state index in [1.807, 2.05) is 42.5 Å². The molecule has 0 atom stereocenters. The number of hydrogen-bond acceptors (Lipinski definition) is 2. The van der Waals surface area contributed by atoms with Crippen LogP contribution in [0.3, 0.4) is 0 Å². The monoisotopic (exact) mass is 438 g/mol. The average Bonchev–Trinajstić information content (AvgIpc) is 2.83. The summed E-state index contributed by atoms with van der Waals surface area (Å²) in [5.74, 6) is -5.42. The fraction of sp³-hybridized carbons (Fsp3) is 0.200. The highest BCUT2D eigenvalue weighted by atomic mass is 19.2. The zero-order valence-corrected chi connectivity index (χ0v) is 17.2. The van der Waals surface area contributed by atoms with Crippen LogP contribution in [0.5, 0.6) is 0 Å². The van der Waals surface area contributed by atoms with E-state index in [0.717, 1.165) is 23.3 Å². The molecular formula is C25H21F3N2O2. The molecule has 1 heterocycles. The molecule has 0 bridgehead atoms. The van der Waals surface area contributed by atoms with Crippen LogP contribution in [0.15, 0.2) is 66.7 Å². The minimum absolute atomic E-state index is 0.0963. The van der Waals surface area contributed by atoms with Crippen molar-refractivity contribution in [3.8, 4) is 11.1 Å². The number of rotatable bonds is 4. The summed E-state index contributed by atoms with van der Waals surface area (Å²) in [4.78, 5) is 26.8. The van der Waals surface area contributed by atoms with Gasteiger partial charge in [0.05, 0.1) is 5.56 Å². The topological polar surface area (TPSA) is 49.4 Å². The Hall–Kier alpha value is -3.61. The number of hydrogen-bond donors (Lipinski definition) is 1.